The summed E-state index contributed by atoms with van der Waals surface area (Å²) in [5.41, 5.74) is -2.36. The normalized spacial score (nSPS) is 16.1. The fourth-order valence-electron chi connectivity index (χ4n) is 5.13. The van der Waals surface area contributed by atoms with Gasteiger partial charge in [0, 0.05) is 57.9 Å². The van der Waals surface area contributed by atoms with Gasteiger partial charge < -0.3 is 34.8 Å². The number of hydrogen-bond acceptors (Lipinski definition) is 9. The van der Waals surface area contributed by atoms with E-state index >= 15 is 0 Å². The van der Waals surface area contributed by atoms with Crippen LogP contribution in [0, 0.1) is 0 Å². The first-order valence-corrected chi connectivity index (χ1v) is 18.2. The van der Waals surface area contributed by atoms with Crippen molar-refractivity contribution in [3.63, 3.8) is 0 Å². The molecule has 0 spiro atoms. The molecular weight excluding hydrogens is 720 g/mol. The lowest BCUT2D eigenvalue weighted by molar-refractivity contribution is -0.137. The van der Waals surface area contributed by atoms with Crippen molar-refractivity contribution >= 4 is 58.1 Å². The maximum atomic E-state index is 13.2. The summed E-state index contributed by atoms with van der Waals surface area (Å²) in [4.78, 5) is 50.4. The fraction of sp³-hybridized carbons (Fsp3) is 0.600. The van der Waals surface area contributed by atoms with Crippen LogP contribution in [0.3, 0.4) is 0 Å². The maximum Gasteiger partial charge on any atom is 0.417 e. The van der Waals surface area contributed by atoms with Gasteiger partial charge in [0.25, 0.3) is 0 Å². The van der Waals surface area contributed by atoms with Gasteiger partial charge in [-0.25, -0.2) is 19.6 Å². The molecule has 0 unspecified atom stereocenters. The lowest BCUT2D eigenvalue weighted by Crippen LogP contribution is -2.47. The predicted molar refractivity (Wildman–Crippen MR) is 200 cm³/mol. The van der Waals surface area contributed by atoms with Gasteiger partial charge >= 0.3 is 18.4 Å². The highest BCUT2D eigenvalue weighted by atomic mass is 32.1. The maximum absolute atomic E-state index is 13.2. The zero-order valence-corrected chi connectivity index (χ0v) is 32.6. The summed E-state index contributed by atoms with van der Waals surface area (Å²) < 4.78 is 50.4. The minimum atomic E-state index is -4.61. The summed E-state index contributed by atoms with van der Waals surface area (Å²) in [6, 6.07) is 5.02. The number of piperidine rings is 2. The fourth-order valence-corrected chi connectivity index (χ4v) is 6.19. The van der Waals surface area contributed by atoms with Crippen LogP contribution >= 0.6 is 23.6 Å². The van der Waals surface area contributed by atoms with Crippen LogP contribution in [0.15, 0.2) is 35.5 Å². The Balaban J connectivity index is 0.000000304. The van der Waals surface area contributed by atoms with Crippen LogP contribution in [0.2, 0.25) is 0 Å². The molecule has 2 fully saturated rings. The number of thiocarbonyl (C=S) groups is 1. The van der Waals surface area contributed by atoms with Crippen LogP contribution in [-0.2, 0) is 15.7 Å². The van der Waals surface area contributed by atoms with Gasteiger partial charge in [0.05, 0.1) is 23.0 Å². The van der Waals surface area contributed by atoms with E-state index in [1.165, 1.54) is 24.4 Å². The molecule has 1 aromatic carbocycles. The number of ketones is 1. The van der Waals surface area contributed by atoms with Crippen molar-refractivity contribution in [1.29, 1.82) is 0 Å². The summed E-state index contributed by atoms with van der Waals surface area (Å²) >= 11 is 6.18. The van der Waals surface area contributed by atoms with Crippen molar-refractivity contribution in [2.24, 2.45) is 4.99 Å². The van der Waals surface area contributed by atoms with E-state index in [0.29, 0.717) is 49.3 Å². The molecule has 3 heterocycles. The Hall–Kier alpha value is -3.99. The van der Waals surface area contributed by atoms with Crippen LogP contribution in [0.1, 0.15) is 88.0 Å². The van der Waals surface area contributed by atoms with Gasteiger partial charge in [-0.2, -0.15) is 13.2 Å². The average Bonchev–Trinajstić information content (AvgIpc) is 3.51. The molecule has 52 heavy (non-hydrogen) atoms. The van der Waals surface area contributed by atoms with E-state index in [1.54, 1.807) is 16.1 Å². The van der Waals surface area contributed by atoms with Gasteiger partial charge in [-0.05, 0) is 85.5 Å². The highest BCUT2D eigenvalue weighted by molar-refractivity contribution is 7.80. The predicted octanol–water partition coefficient (Wildman–Crippen LogP) is 7.05. The smallest absolute Gasteiger partial charge is 0.417 e. The third-order valence-corrected chi connectivity index (χ3v) is 8.71. The number of amides is 2. The van der Waals surface area contributed by atoms with E-state index in [-0.39, 0.29) is 29.1 Å². The quantitative estimate of drug-likeness (QED) is 0.137. The summed E-state index contributed by atoms with van der Waals surface area (Å²) in [5, 5.41) is 7.37. The summed E-state index contributed by atoms with van der Waals surface area (Å²) in [7, 11) is 3.79. The van der Waals surface area contributed by atoms with Gasteiger partial charge in [0.2, 0.25) is 5.78 Å². The van der Waals surface area contributed by atoms with E-state index < -0.39 is 34.3 Å². The van der Waals surface area contributed by atoms with Gasteiger partial charge in [0.15, 0.2) is 10.2 Å². The number of rotatable bonds is 6. The highest BCUT2D eigenvalue weighted by Gasteiger charge is 2.35. The van der Waals surface area contributed by atoms with Crippen LogP contribution in [-0.4, -0.2) is 113 Å². The second-order valence-corrected chi connectivity index (χ2v) is 16.1. The number of nitrogens with zero attached hydrogens (tertiary/aromatic N) is 5. The molecular formula is C35H50F3N7O5S2. The molecule has 2 aliphatic rings. The minimum absolute atomic E-state index is 0.0373. The summed E-state index contributed by atoms with van der Waals surface area (Å²) in [5.74, 6) is -0.710. The zero-order chi connectivity index (χ0) is 38.9. The molecule has 0 atom stereocenters. The van der Waals surface area contributed by atoms with E-state index in [2.05, 4.69) is 20.6 Å². The van der Waals surface area contributed by atoms with Gasteiger partial charge in [0.1, 0.15) is 11.2 Å². The van der Waals surface area contributed by atoms with Crippen LogP contribution in [0.4, 0.5) is 27.9 Å². The summed E-state index contributed by atoms with van der Waals surface area (Å²) in [6.07, 6.45) is 0.778. The van der Waals surface area contributed by atoms with Crippen molar-refractivity contribution in [3.8, 4) is 0 Å². The molecule has 2 aromatic rings. The molecule has 4 rings (SSSR count). The van der Waals surface area contributed by atoms with E-state index in [9.17, 15) is 27.6 Å². The Bertz CT molecular complexity index is 1550. The number of hydrogen-bond donors (Lipinski definition) is 2. The van der Waals surface area contributed by atoms with Crippen molar-refractivity contribution < 1.29 is 37.0 Å². The Labute approximate surface area is 313 Å². The number of carbonyl (C=O) groups excluding carboxylic acids is 3. The first-order valence-electron chi connectivity index (χ1n) is 17.0. The molecule has 1 aromatic heterocycles. The van der Waals surface area contributed by atoms with Crippen molar-refractivity contribution in [2.75, 3.05) is 45.6 Å². The first kappa shape index (κ1) is 42.4. The Kier molecular flexibility index (Phi) is 14.8. The number of halogens is 3. The molecule has 0 saturated carbocycles. The lowest BCUT2D eigenvalue weighted by Gasteiger charge is -2.33. The standard InChI is InChI=1S/C21H24F3N3O3S.C14H26N4O2S/c1-20(2,3)30-19(29)27-10-8-13(9-11-27)26-18-25-12-16(31-18)17(28)14-6-4-5-7-15(14)21(22,23)24;1-14(2,3)20-13(19)18-8-6-11(7-9-18)16-12(21)15-10-17(4)5/h4-7,12-13H,8-11H2,1-3H3,(H,25,26);10-11H,6-9H2,1-5H3,(H,16,21). The monoisotopic (exact) mass is 769 g/mol. The number of ether oxygens (including phenoxy) is 2. The largest absolute Gasteiger partial charge is 0.444 e. The number of carbonyl (C=O) groups is 3. The Morgan fingerprint density at radius 3 is 1.88 bits per heavy atom. The third-order valence-electron chi connectivity index (χ3n) is 7.56. The second-order valence-electron chi connectivity index (χ2n) is 14.7. The van der Waals surface area contributed by atoms with Gasteiger partial charge in [-0.15, -0.1) is 0 Å². The molecule has 2 saturated heterocycles. The average molecular weight is 770 g/mol. The van der Waals surface area contributed by atoms with E-state index in [1.807, 2.05) is 60.5 Å². The number of benzene rings is 1. The molecule has 2 N–H and O–H groups in total. The van der Waals surface area contributed by atoms with Gasteiger partial charge in [-0.3, -0.25) is 4.79 Å². The molecule has 17 heteroatoms. The minimum Gasteiger partial charge on any atom is -0.444 e. The van der Waals surface area contributed by atoms with E-state index in [0.717, 1.165) is 30.2 Å². The molecule has 2 amide bonds. The first-order chi connectivity index (χ1) is 24.1. The van der Waals surface area contributed by atoms with E-state index in [4.69, 9.17) is 21.7 Å². The van der Waals surface area contributed by atoms with Crippen LogP contribution in [0.5, 0.6) is 0 Å². The number of alkyl halides is 3. The topological polar surface area (TPSA) is 129 Å². The number of aliphatic imine (C=N–C) groups is 1. The molecule has 288 valence electrons. The molecule has 0 aliphatic carbocycles. The van der Waals surface area contributed by atoms with Gasteiger partial charge in [-0.1, -0.05) is 29.5 Å². The number of thiazole rings is 1. The molecule has 12 nitrogen and oxygen atoms in total. The van der Waals surface area contributed by atoms with Crippen molar-refractivity contribution in [1.82, 2.24) is 25.0 Å². The molecule has 0 radical (unpaired) electrons. The third kappa shape index (κ3) is 14.2. The number of nitrogens with one attached hydrogen (secondary N) is 2. The highest BCUT2D eigenvalue weighted by Crippen LogP contribution is 2.34. The molecule has 0 bridgehead atoms. The van der Waals surface area contributed by atoms with Crippen molar-refractivity contribution in [2.45, 2.75) is 96.7 Å². The second kappa shape index (κ2) is 18.2. The number of aromatic nitrogens is 1. The Morgan fingerprint density at radius 1 is 0.904 bits per heavy atom. The lowest BCUT2D eigenvalue weighted by atomic mass is 10.0. The number of anilines is 1. The number of likely N-dealkylation sites (tertiary alicyclic amines) is 2. The van der Waals surface area contributed by atoms with Crippen molar-refractivity contribution in [3.05, 3.63) is 46.5 Å². The summed E-state index contributed by atoms with van der Waals surface area (Å²) in [6.45, 7) is 13.4. The van der Waals surface area contributed by atoms with Crippen LogP contribution < -0.4 is 10.6 Å². The zero-order valence-electron chi connectivity index (χ0n) is 31.0. The molecule has 2 aliphatic heterocycles. The Morgan fingerprint density at radius 2 is 1.40 bits per heavy atom. The van der Waals surface area contributed by atoms with Crippen LogP contribution in [0.25, 0.3) is 0 Å². The SMILES string of the molecule is CC(C)(C)OC(=O)N1CCC(Nc2ncc(C(=O)c3ccccc3C(F)(F)F)s2)CC1.CN(C)C=NC(=S)NC1CCN(C(=O)OC(C)(C)C)CC1.